The molecule has 0 radical (unpaired) electrons. The van der Waals surface area contributed by atoms with Gasteiger partial charge in [0, 0.05) is 12.7 Å². The number of anilines is 1. The summed E-state index contributed by atoms with van der Waals surface area (Å²) in [7, 11) is 0. The second-order valence-corrected chi connectivity index (χ2v) is 5.36. The van der Waals surface area contributed by atoms with Crippen molar-refractivity contribution in [2.45, 2.75) is 6.54 Å². The van der Waals surface area contributed by atoms with Crippen molar-refractivity contribution in [2.75, 3.05) is 18.5 Å². The van der Waals surface area contributed by atoms with E-state index in [1.165, 1.54) is 12.1 Å². The smallest absolute Gasteiger partial charge is 0.126 e. The summed E-state index contributed by atoms with van der Waals surface area (Å²) in [5.41, 5.74) is 1.14. The van der Waals surface area contributed by atoms with Gasteiger partial charge in [-0.1, -0.05) is 18.2 Å². The molecule has 1 N–H and O–H groups in total. The largest absolute Gasteiger partial charge is 0.490 e. The topological polar surface area (TPSA) is 43.4 Å². The molecule has 25 heavy (non-hydrogen) atoms. The third-order valence-electron chi connectivity index (χ3n) is 3.50. The van der Waals surface area contributed by atoms with Crippen molar-refractivity contribution in [3.8, 4) is 11.5 Å². The average molecular weight is 338 g/mol. The average Bonchev–Trinajstić information content (AvgIpc) is 2.67. The van der Waals surface area contributed by atoms with Crippen molar-refractivity contribution < 1.29 is 13.9 Å². The van der Waals surface area contributed by atoms with Crippen LogP contribution in [0.3, 0.4) is 0 Å². The van der Waals surface area contributed by atoms with Gasteiger partial charge in [-0.25, -0.2) is 9.37 Å². The number of hydrogen-bond donors (Lipinski definition) is 1. The Morgan fingerprint density at radius 3 is 2.04 bits per heavy atom. The lowest BCUT2D eigenvalue weighted by Crippen LogP contribution is -2.09. The van der Waals surface area contributed by atoms with E-state index in [0.717, 1.165) is 17.1 Å². The van der Waals surface area contributed by atoms with E-state index in [-0.39, 0.29) is 5.82 Å². The monoisotopic (exact) mass is 338 g/mol. The first-order valence-electron chi connectivity index (χ1n) is 8.04. The van der Waals surface area contributed by atoms with Gasteiger partial charge in [0.05, 0.1) is 0 Å². The zero-order valence-corrected chi connectivity index (χ0v) is 13.7. The fourth-order valence-electron chi connectivity index (χ4n) is 2.21. The zero-order valence-electron chi connectivity index (χ0n) is 13.7. The molecule has 0 fully saturated rings. The molecule has 0 bridgehead atoms. The number of nitrogens with one attached hydrogen (secondary N) is 1. The van der Waals surface area contributed by atoms with Gasteiger partial charge >= 0.3 is 0 Å². The maximum Gasteiger partial charge on any atom is 0.126 e. The van der Waals surface area contributed by atoms with E-state index in [1.807, 2.05) is 42.5 Å². The molecule has 0 saturated heterocycles. The van der Waals surface area contributed by atoms with Gasteiger partial charge in [0.2, 0.25) is 0 Å². The fourth-order valence-corrected chi connectivity index (χ4v) is 2.21. The molecule has 0 atom stereocenters. The Bertz CT molecular complexity index is 762. The summed E-state index contributed by atoms with van der Waals surface area (Å²) in [5.74, 6) is 1.98. The van der Waals surface area contributed by atoms with Crippen LogP contribution in [0.2, 0.25) is 0 Å². The van der Waals surface area contributed by atoms with Gasteiger partial charge in [0.25, 0.3) is 0 Å². The van der Waals surface area contributed by atoms with Crippen LogP contribution in [0, 0.1) is 5.82 Å². The molecule has 2 aromatic carbocycles. The molecule has 5 heteroatoms. The summed E-state index contributed by atoms with van der Waals surface area (Å²) >= 11 is 0. The van der Waals surface area contributed by atoms with E-state index < -0.39 is 0 Å². The predicted molar refractivity (Wildman–Crippen MR) is 95.4 cm³/mol. The summed E-state index contributed by atoms with van der Waals surface area (Å²) in [5, 5.41) is 3.26. The molecule has 0 amide bonds. The van der Waals surface area contributed by atoms with Gasteiger partial charge in [-0.3, -0.25) is 0 Å². The number of nitrogens with zero attached hydrogens (tertiary/aromatic N) is 1. The molecule has 0 unspecified atom stereocenters. The van der Waals surface area contributed by atoms with Gasteiger partial charge in [0.15, 0.2) is 0 Å². The van der Waals surface area contributed by atoms with Crippen LogP contribution in [0.1, 0.15) is 5.56 Å². The molecule has 3 rings (SSSR count). The van der Waals surface area contributed by atoms with Crippen LogP contribution in [0.4, 0.5) is 10.2 Å². The van der Waals surface area contributed by atoms with Gasteiger partial charge in [-0.2, -0.15) is 0 Å². The Labute approximate surface area is 146 Å². The second-order valence-electron chi connectivity index (χ2n) is 5.36. The molecular weight excluding hydrogens is 319 g/mol. The number of rotatable bonds is 8. The number of pyridine rings is 1. The highest BCUT2D eigenvalue weighted by Crippen LogP contribution is 2.14. The SMILES string of the molecule is Fc1ccc(OCCOc2ccc(CNc3ccccn3)cc2)cc1. The van der Waals surface area contributed by atoms with E-state index in [4.69, 9.17) is 9.47 Å². The Balaban J connectivity index is 1.39. The minimum absolute atomic E-state index is 0.277. The maximum absolute atomic E-state index is 12.8. The quantitative estimate of drug-likeness (QED) is 0.622. The van der Waals surface area contributed by atoms with E-state index in [0.29, 0.717) is 25.5 Å². The van der Waals surface area contributed by atoms with Crippen LogP contribution in [-0.4, -0.2) is 18.2 Å². The Morgan fingerprint density at radius 2 is 1.44 bits per heavy atom. The zero-order chi connectivity index (χ0) is 17.3. The molecular formula is C20H19FN2O2. The van der Waals surface area contributed by atoms with Crippen LogP contribution in [0.5, 0.6) is 11.5 Å². The van der Waals surface area contributed by atoms with Crippen LogP contribution in [0.25, 0.3) is 0 Å². The highest BCUT2D eigenvalue weighted by molar-refractivity contribution is 5.36. The first kappa shape index (κ1) is 16.8. The standard InChI is InChI=1S/C20H19FN2O2/c21-17-6-10-19(11-7-17)25-14-13-24-18-8-4-16(5-9-18)15-23-20-3-1-2-12-22-20/h1-12H,13-15H2,(H,22,23). The van der Waals surface area contributed by atoms with E-state index >= 15 is 0 Å². The van der Waals surface area contributed by atoms with Gasteiger partial charge in [-0.05, 0) is 54.1 Å². The molecule has 4 nitrogen and oxygen atoms in total. The normalized spacial score (nSPS) is 10.3. The molecule has 0 aliphatic carbocycles. The minimum Gasteiger partial charge on any atom is -0.490 e. The summed E-state index contributed by atoms with van der Waals surface area (Å²) in [6.45, 7) is 1.52. The lowest BCUT2D eigenvalue weighted by molar-refractivity contribution is 0.217. The van der Waals surface area contributed by atoms with E-state index in [1.54, 1.807) is 18.3 Å². The van der Waals surface area contributed by atoms with Crippen LogP contribution in [0.15, 0.2) is 72.9 Å². The molecule has 0 aliphatic rings. The number of benzene rings is 2. The van der Waals surface area contributed by atoms with Crippen LogP contribution < -0.4 is 14.8 Å². The number of hydrogen-bond acceptors (Lipinski definition) is 4. The van der Waals surface area contributed by atoms with Gasteiger partial charge in [-0.15, -0.1) is 0 Å². The molecule has 0 saturated carbocycles. The maximum atomic E-state index is 12.8. The van der Waals surface area contributed by atoms with Crippen molar-refractivity contribution >= 4 is 5.82 Å². The number of halogens is 1. The highest BCUT2D eigenvalue weighted by Gasteiger charge is 1.98. The van der Waals surface area contributed by atoms with Crippen molar-refractivity contribution in [2.24, 2.45) is 0 Å². The van der Waals surface area contributed by atoms with Gasteiger partial charge < -0.3 is 14.8 Å². The van der Waals surface area contributed by atoms with Crippen molar-refractivity contribution in [3.05, 3.63) is 84.3 Å². The molecule has 1 heterocycles. The third-order valence-corrected chi connectivity index (χ3v) is 3.50. The molecule has 0 aliphatic heterocycles. The third kappa shape index (κ3) is 5.49. The Morgan fingerprint density at radius 1 is 0.800 bits per heavy atom. The first-order chi connectivity index (χ1) is 12.3. The lowest BCUT2D eigenvalue weighted by atomic mass is 10.2. The molecule has 1 aromatic heterocycles. The highest BCUT2D eigenvalue weighted by atomic mass is 19.1. The lowest BCUT2D eigenvalue weighted by Gasteiger charge is -2.09. The Kier molecular flexibility index (Phi) is 5.82. The predicted octanol–water partition coefficient (Wildman–Crippen LogP) is 4.29. The number of aromatic nitrogens is 1. The van der Waals surface area contributed by atoms with Crippen LogP contribution in [-0.2, 0) is 6.54 Å². The Hall–Kier alpha value is -3.08. The van der Waals surface area contributed by atoms with Gasteiger partial charge in [0.1, 0.15) is 36.3 Å². The van der Waals surface area contributed by atoms with E-state index in [2.05, 4.69) is 10.3 Å². The van der Waals surface area contributed by atoms with Crippen molar-refractivity contribution in [3.63, 3.8) is 0 Å². The van der Waals surface area contributed by atoms with Crippen LogP contribution >= 0.6 is 0 Å². The minimum atomic E-state index is -0.277. The van der Waals surface area contributed by atoms with Crippen molar-refractivity contribution in [1.29, 1.82) is 0 Å². The summed E-state index contributed by atoms with van der Waals surface area (Å²) in [6, 6.07) is 19.5. The number of ether oxygens (including phenoxy) is 2. The summed E-state index contributed by atoms with van der Waals surface area (Å²) < 4.78 is 23.9. The summed E-state index contributed by atoms with van der Waals surface area (Å²) in [6.07, 6.45) is 1.76. The molecule has 128 valence electrons. The second kappa shape index (κ2) is 8.68. The van der Waals surface area contributed by atoms with E-state index in [9.17, 15) is 4.39 Å². The first-order valence-corrected chi connectivity index (χ1v) is 8.04. The summed E-state index contributed by atoms with van der Waals surface area (Å²) in [4.78, 5) is 4.22. The van der Waals surface area contributed by atoms with Crippen molar-refractivity contribution in [1.82, 2.24) is 4.98 Å². The fraction of sp³-hybridized carbons (Fsp3) is 0.150. The molecule has 0 spiro atoms. The molecule has 3 aromatic rings.